The van der Waals surface area contributed by atoms with Gasteiger partial charge in [-0.25, -0.2) is 0 Å². The van der Waals surface area contributed by atoms with Gasteiger partial charge in [0.1, 0.15) is 0 Å². The normalized spacial score (nSPS) is 19.5. The molecule has 1 heterocycles. The van der Waals surface area contributed by atoms with Gasteiger partial charge in [-0.05, 0) is 0 Å². The van der Waals surface area contributed by atoms with Crippen LogP contribution < -0.4 is 0 Å². The molecule has 0 bridgehead atoms. The molecule has 0 amide bonds. The molecule has 0 atom stereocenters. The average molecular weight is 346 g/mol. The zero-order valence-corrected chi connectivity index (χ0v) is 11.2. The third-order valence-electron chi connectivity index (χ3n) is 2.23. The van der Waals surface area contributed by atoms with Crippen molar-refractivity contribution in [2.24, 2.45) is 0 Å². The maximum absolute atomic E-state index is 3.42. The average Bonchev–Trinajstić information content (AvgIpc) is 2.15. The minimum absolute atomic E-state index is 0.654. The predicted octanol–water partition coefficient (Wildman–Crippen LogP) is 1.74. The molecule has 0 aliphatic carbocycles. The first-order valence-electron chi connectivity index (χ1n) is 4.69. The molecule has 0 saturated carbocycles. The van der Waals surface area contributed by atoms with Crippen LogP contribution in [0.1, 0.15) is 20.3 Å². The molecule has 0 fully saturated rings. The van der Waals surface area contributed by atoms with Crippen LogP contribution in [0.4, 0.5) is 0 Å². The number of allylic oxidation sites excluding steroid dienone is 1. The third-order valence-corrected chi connectivity index (χ3v) is 2.80. The monoisotopic (exact) mass is 346 g/mol. The molecule has 0 aromatic heterocycles. The van der Waals surface area contributed by atoms with Gasteiger partial charge in [-0.1, -0.05) is 0 Å². The van der Waals surface area contributed by atoms with Crippen molar-refractivity contribution in [3.8, 4) is 0 Å². The first-order valence-corrected chi connectivity index (χ1v) is 6.39. The molecular weight excluding hydrogens is 330 g/mol. The van der Waals surface area contributed by atoms with Crippen LogP contribution in [0.3, 0.4) is 0 Å². The van der Waals surface area contributed by atoms with Gasteiger partial charge in [0.25, 0.3) is 0 Å². The Bertz CT molecular complexity index is 228. The Hall–Kier alpha value is -0.00169. The summed E-state index contributed by atoms with van der Waals surface area (Å²) >= 11 is 1.50. The zero-order valence-electron chi connectivity index (χ0n) is 8.29. The van der Waals surface area contributed by atoms with E-state index in [0.29, 0.717) is 6.04 Å². The Morgan fingerprint density at radius 1 is 1.54 bits per heavy atom. The SMILES string of the molecule is CC(C)N1CC[C-]=C(/C=C\[CH]=[W])C1. The quantitative estimate of drug-likeness (QED) is 0.704. The van der Waals surface area contributed by atoms with Crippen molar-refractivity contribution in [3.63, 3.8) is 0 Å². The van der Waals surface area contributed by atoms with Gasteiger partial charge in [-0.15, -0.1) is 0 Å². The fraction of sp³-hybridized carbons (Fsp3) is 0.545. The Morgan fingerprint density at radius 2 is 2.31 bits per heavy atom. The van der Waals surface area contributed by atoms with E-state index in [0.717, 1.165) is 19.5 Å². The summed E-state index contributed by atoms with van der Waals surface area (Å²) in [6, 6.07) is 0.654. The molecule has 1 aliphatic heterocycles. The number of hydrogen-bond acceptors (Lipinski definition) is 1. The van der Waals surface area contributed by atoms with E-state index in [1.165, 1.54) is 24.9 Å². The zero-order chi connectivity index (χ0) is 9.68. The van der Waals surface area contributed by atoms with Crippen LogP contribution in [0.5, 0.6) is 0 Å². The van der Waals surface area contributed by atoms with Crippen molar-refractivity contribution in [1.29, 1.82) is 0 Å². The van der Waals surface area contributed by atoms with E-state index in [2.05, 4.69) is 41.4 Å². The van der Waals surface area contributed by atoms with E-state index >= 15 is 0 Å². The van der Waals surface area contributed by atoms with E-state index in [9.17, 15) is 0 Å². The molecule has 0 aromatic rings. The van der Waals surface area contributed by atoms with Crippen LogP contribution >= 0.6 is 0 Å². The molecule has 0 N–H and O–H groups in total. The molecule has 0 radical (unpaired) electrons. The van der Waals surface area contributed by atoms with Gasteiger partial charge in [-0.2, -0.15) is 0 Å². The topological polar surface area (TPSA) is 3.24 Å². The van der Waals surface area contributed by atoms with Crippen molar-refractivity contribution in [2.75, 3.05) is 13.1 Å². The summed E-state index contributed by atoms with van der Waals surface area (Å²) < 4.78 is 2.14. The molecule has 0 spiro atoms. The summed E-state index contributed by atoms with van der Waals surface area (Å²) in [5.74, 6) is 0. The van der Waals surface area contributed by atoms with E-state index in [1.54, 1.807) is 0 Å². The van der Waals surface area contributed by atoms with Crippen LogP contribution in [0, 0.1) is 6.08 Å². The molecule has 13 heavy (non-hydrogen) atoms. The van der Waals surface area contributed by atoms with Gasteiger partial charge >= 0.3 is 91.9 Å². The fourth-order valence-electron chi connectivity index (χ4n) is 1.42. The van der Waals surface area contributed by atoms with Gasteiger partial charge in [0.05, 0.1) is 0 Å². The Kier molecular flexibility index (Phi) is 4.83. The second-order valence-corrected chi connectivity index (χ2v) is 4.49. The van der Waals surface area contributed by atoms with Crippen molar-refractivity contribution in [2.45, 2.75) is 26.3 Å². The first-order chi connectivity index (χ1) is 6.24. The van der Waals surface area contributed by atoms with Crippen LogP contribution in [0.2, 0.25) is 0 Å². The predicted molar refractivity (Wildman–Crippen MR) is 53.3 cm³/mol. The second-order valence-electron chi connectivity index (χ2n) is 3.51. The molecule has 0 aromatic carbocycles. The summed E-state index contributed by atoms with van der Waals surface area (Å²) in [6.45, 7) is 6.74. The fourth-order valence-corrected chi connectivity index (χ4v) is 1.70. The van der Waals surface area contributed by atoms with Gasteiger partial charge in [0.2, 0.25) is 0 Å². The number of hydrogen-bond donors (Lipinski definition) is 0. The summed E-state index contributed by atoms with van der Waals surface area (Å²) in [5, 5.41) is 0. The van der Waals surface area contributed by atoms with Crippen LogP contribution in [0.25, 0.3) is 0 Å². The molecule has 1 rings (SSSR count). The van der Waals surface area contributed by atoms with Gasteiger partial charge < -0.3 is 0 Å². The van der Waals surface area contributed by atoms with Crippen molar-refractivity contribution in [3.05, 3.63) is 23.8 Å². The van der Waals surface area contributed by atoms with Gasteiger partial charge in [0, 0.05) is 0 Å². The molecule has 1 aliphatic rings. The Morgan fingerprint density at radius 3 is 2.92 bits per heavy atom. The summed E-state index contributed by atoms with van der Waals surface area (Å²) in [5.41, 5.74) is 1.34. The van der Waals surface area contributed by atoms with Crippen LogP contribution in [0.15, 0.2) is 17.7 Å². The maximum atomic E-state index is 3.42. The standard InChI is InChI=1S/C11H16N.W/c1-4-6-11-7-5-8-12(9-11)10(2)3;/h1,4,6,10H,5,8-9H2,2-3H3;/q-1;/b6-4-;. The van der Waals surface area contributed by atoms with Crippen molar-refractivity contribution >= 4 is 4.40 Å². The third kappa shape index (κ3) is 3.70. The number of nitrogens with zero attached hydrogens (tertiary/aromatic N) is 1. The Labute approximate surface area is 91.9 Å². The summed E-state index contributed by atoms with van der Waals surface area (Å²) in [4.78, 5) is 2.48. The van der Waals surface area contributed by atoms with Gasteiger partial charge in [0.15, 0.2) is 0 Å². The van der Waals surface area contributed by atoms with E-state index in [1.807, 2.05) is 0 Å². The first kappa shape index (κ1) is 11.1. The van der Waals surface area contributed by atoms with Crippen LogP contribution in [-0.4, -0.2) is 28.4 Å². The van der Waals surface area contributed by atoms with E-state index < -0.39 is 0 Å². The molecule has 0 unspecified atom stereocenters. The van der Waals surface area contributed by atoms with Crippen LogP contribution in [-0.2, 0) is 19.4 Å². The van der Waals surface area contributed by atoms with Crippen molar-refractivity contribution in [1.82, 2.24) is 4.90 Å². The number of rotatable bonds is 3. The Balaban J connectivity index is 2.53. The molecular formula is C11H16NW-. The van der Waals surface area contributed by atoms with Gasteiger partial charge in [-0.3, -0.25) is 0 Å². The molecule has 0 saturated heterocycles. The second kappa shape index (κ2) is 5.67. The molecule has 2 heteroatoms. The summed E-state index contributed by atoms with van der Waals surface area (Å²) in [7, 11) is 0. The molecule has 72 valence electrons. The minimum atomic E-state index is 0.654. The van der Waals surface area contributed by atoms with E-state index in [4.69, 9.17) is 0 Å². The summed E-state index contributed by atoms with van der Waals surface area (Å²) in [6.07, 6.45) is 8.80. The molecule has 1 nitrogen and oxygen atoms in total. The van der Waals surface area contributed by atoms with E-state index in [-0.39, 0.29) is 0 Å². The van der Waals surface area contributed by atoms with Crippen molar-refractivity contribution < 1.29 is 19.4 Å².